The van der Waals surface area contributed by atoms with E-state index in [4.69, 9.17) is 5.14 Å². The highest BCUT2D eigenvalue weighted by molar-refractivity contribution is 7.89. The lowest BCUT2D eigenvalue weighted by molar-refractivity contribution is 0.573. The van der Waals surface area contributed by atoms with Crippen molar-refractivity contribution in [3.63, 3.8) is 0 Å². The molecule has 1 aromatic carbocycles. The Morgan fingerprint density at radius 3 is 2.24 bits per heavy atom. The van der Waals surface area contributed by atoms with Crippen LogP contribution in [0.25, 0.3) is 0 Å². The molecule has 0 amide bonds. The first-order valence-corrected chi connectivity index (χ1v) is 7.31. The van der Waals surface area contributed by atoms with E-state index in [1.54, 1.807) is 0 Å². The van der Waals surface area contributed by atoms with E-state index in [2.05, 4.69) is 23.5 Å². The zero-order valence-corrected chi connectivity index (χ0v) is 11.3. The molecule has 0 aromatic heterocycles. The topological polar surface area (TPSA) is 72.2 Å². The molecule has 0 bridgehead atoms. The molecule has 1 atom stereocenters. The second-order valence-corrected chi connectivity index (χ2v) is 6.20. The molecule has 96 valence electrons. The Hall–Kier alpha value is -0.910. The quantitative estimate of drug-likeness (QED) is 0.832. The average molecular weight is 256 g/mol. The normalized spacial score (nSPS) is 13.6. The third-order valence-electron chi connectivity index (χ3n) is 2.58. The van der Waals surface area contributed by atoms with Crippen LogP contribution >= 0.6 is 0 Å². The van der Waals surface area contributed by atoms with E-state index >= 15 is 0 Å². The van der Waals surface area contributed by atoms with Gasteiger partial charge in [0.05, 0.1) is 5.75 Å². The van der Waals surface area contributed by atoms with Crippen molar-refractivity contribution in [2.75, 3.05) is 12.3 Å². The van der Waals surface area contributed by atoms with E-state index < -0.39 is 10.0 Å². The van der Waals surface area contributed by atoms with Crippen LogP contribution in [0.4, 0.5) is 0 Å². The summed E-state index contributed by atoms with van der Waals surface area (Å²) in [5, 5.41) is 8.09. The third-order valence-corrected chi connectivity index (χ3v) is 3.35. The number of sulfonamides is 1. The fourth-order valence-electron chi connectivity index (χ4n) is 1.80. The predicted molar refractivity (Wildman–Crippen MR) is 70.3 cm³/mol. The van der Waals surface area contributed by atoms with Crippen molar-refractivity contribution in [2.45, 2.75) is 26.8 Å². The van der Waals surface area contributed by atoms with Gasteiger partial charge in [0.1, 0.15) is 0 Å². The predicted octanol–water partition coefficient (Wildman–Crippen LogP) is 1.24. The highest BCUT2D eigenvalue weighted by atomic mass is 32.2. The van der Waals surface area contributed by atoms with Gasteiger partial charge in [-0.25, -0.2) is 13.6 Å². The number of benzene rings is 1. The number of nitrogens with one attached hydrogen (secondary N) is 1. The van der Waals surface area contributed by atoms with E-state index in [1.165, 1.54) is 11.1 Å². The Balaban J connectivity index is 2.61. The molecule has 0 saturated heterocycles. The largest absolute Gasteiger partial charge is 0.309 e. The molecule has 0 aliphatic rings. The van der Waals surface area contributed by atoms with Crippen LogP contribution in [0.15, 0.2) is 18.2 Å². The van der Waals surface area contributed by atoms with Crippen LogP contribution < -0.4 is 10.5 Å². The maximum Gasteiger partial charge on any atom is 0.210 e. The van der Waals surface area contributed by atoms with E-state index in [0.717, 1.165) is 5.56 Å². The van der Waals surface area contributed by atoms with E-state index in [9.17, 15) is 8.42 Å². The minimum absolute atomic E-state index is 0.0395. The molecular formula is C12H20N2O2S. The van der Waals surface area contributed by atoms with Gasteiger partial charge in [-0.05, 0) is 26.3 Å². The summed E-state index contributed by atoms with van der Waals surface area (Å²) in [6.45, 7) is 6.48. The van der Waals surface area contributed by atoms with Gasteiger partial charge in [0, 0.05) is 12.6 Å². The van der Waals surface area contributed by atoms with Gasteiger partial charge in [-0.2, -0.15) is 0 Å². The number of nitrogens with two attached hydrogens (primary N) is 1. The molecule has 1 unspecified atom stereocenters. The fraction of sp³-hybridized carbons (Fsp3) is 0.500. The molecule has 0 fully saturated rings. The van der Waals surface area contributed by atoms with Crippen LogP contribution in [0.5, 0.6) is 0 Å². The highest BCUT2D eigenvalue weighted by Crippen LogP contribution is 2.16. The molecule has 0 radical (unpaired) electrons. The number of rotatable bonds is 5. The second kappa shape index (κ2) is 5.62. The highest BCUT2D eigenvalue weighted by Gasteiger charge is 2.08. The smallest absolute Gasteiger partial charge is 0.210 e. The molecule has 1 rings (SSSR count). The summed E-state index contributed by atoms with van der Waals surface area (Å²) in [5.41, 5.74) is 3.58. The maximum atomic E-state index is 10.8. The Morgan fingerprint density at radius 2 is 1.76 bits per heavy atom. The van der Waals surface area contributed by atoms with Crippen molar-refractivity contribution in [2.24, 2.45) is 5.14 Å². The van der Waals surface area contributed by atoms with Crippen LogP contribution in [0.3, 0.4) is 0 Å². The van der Waals surface area contributed by atoms with Gasteiger partial charge in [-0.3, -0.25) is 0 Å². The molecular weight excluding hydrogens is 236 g/mol. The molecule has 4 nitrogen and oxygen atoms in total. The maximum absolute atomic E-state index is 10.8. The van der Waals surface area contributed by atoms with Crippen molar-refractivity contribution in [1.82, 2.24) is 5.32 Å². The molecule has 3 N–H and O–H groups in total. The molecule has 0 spiro atoms. The van der Waals surface area contributed by atoms with Crippen molar-refractivity contribution in [3.8, 4) is 0 Å². The molecule has 17 heavy (non-hydrogen) atoms. The Morgan fingerprint density at radius 1 is 1.24 bits per heavy atom. The van der Waals surface area contributed by atoms with Gasteiger partial charge < -0.3 is 5.32 Å². The third kappa shape index (κ3) is 5.30. The van der Waals surface area contributed by atoms with Crippen molar-refractivity contribution < 1.29 is 8.42 Å². The minimum Gasteiger partial charge on any atom is -0.309 e. The lowest BCUT2D eigenvalue weighted by Gasteiger charge is -2.15. The molecule has 0 aliphatic heterocycles. The van der Waals surface area contributed by atoms with E-state index in [0.29, 0.717) is 6.54 Å². The first-order valence-electron chi connectivity index (χ1n) is 5.60. The molecule has 1 aromatic rings. The summed E-state index contributed by atoms with van der Waals surface area (Å²) in [6, 6.07) is 6.43. The van der Waals surface area contributed by atoms with Gasteiger partial charge in [-0.1, -0.05) is 29.3 Å². The molecule has 0 saturated carbocycles. The van der Waals surface area contributed by atoms with Crippen LogP contribution in [-0.4, -0.2) is 20.7 Å². The number of primary sulfonamides is 1. The van der Waals surface area contributed by atoms with Crippen LogP contribution in [-0.2, 0) is 10.0 Å². The Bertz CT molecular complexity index is 463. The van der Waals surface area contributed by atoms with Crippen molar-refractivity contribution in [1.29, 1.82) is 0 Å². The Kier molecular flexibility index (Phi) is 4.68. The van der Waals surface area contributed by atoms with Crippen molar-refractivity contribution >= 4 is 10.0 Å². The van der Waals surface area contributed by atoms with Gasteiger partial charge in [0.25, 0.3) is 0 Å². The van der Waals surface area contributed by atoms with Crippen LogP contribution in [0, 0.1) is 13.8 Å². The molecule has 0 aliphatic carbocycles. The monoisotopic (exact) mass is 256 g/mol. The summed E-state index contributed by atoms with van der Waals surface area (Å²) in [4.78, 5) is 0. The molecule has 5 heteroatoms. The zero-order valence-electron chi connectivity index (χ0n) is 10.5. The minimum atomic E-state index is -3.38. The lowest BCUT2D eigenvalue weighted by Crippen LogP contribution is -2.29. The van der Waals surface area contributed by atoms with Gasteiger partial charge >= 0.3 is 0 Å². The lowest BCUT2D eigenvalue weighted by atomic mass is 10.0. The van der Waals surface area contributed by atoms with E-state index in [-0.39, 0.29) is 11.8 Å². The average Bonchev–Trinajstić information content (AvgIpc) is 2.13. The fourth-order valence-corrected chi connectivity index (χ4v) is 2.20. The second-order valence-electron chi connectivity index (χ2n) is 4.46. The first kappa shape index (κ1) is 14.2. The SMILES string of the molecule is Cc1cc(C)cc(C(C)NCCS(N)(=O)=O)c1. The number of aryl methyl sites for hydroxylation is 2. The standard InChI is InChI=1S/C12H20N2O2S/c1-9-6-10(2)8-12(7-9)11(3)14-4-5-17(13,15)16/h6-8,11,14H,4-5H2,1-3H3,(H2,13,15,16). The van der Waals surface area contributed by atoms with Gasteiger partial charge in [0.2, 0.25) is 10.0 Å². The summed E-state index contributed by atoms with van der Waals surface area (Å²) in [7, 11) is -3.38. The molecule has 0 heterocycles. The summed E-state index contributed by atoms with van der Waals surface area (Å²) < 4.78 is 21.6. The van der Waals surface area contributed by atoms with Crippen LogP contribution in [0.2, 0.25) is 0 Å². The number of hydrogen-bond donors (Lipinski definition) is 2. The van der Waals surface area contributed by atoms with Crippen LogP contribution in [0.1, 0.15) is 29.7 Å². The summed E-state index contributed by atoms with van der Waals surface area (Å²) >= 11 is 0. The van der Waals surface area contributed by atoms with Crippen molar-refractivity contribution in [3.05, 3.63) is 34.9 Å². The Labute approximate surface area is 103 Å². The van der Waals surface area contributed by atoms with E-state index in [1.807, 2.05) is 20.8 Å². The first-order chi connectivity index (χ1) is 7.78. The zero-order chi connectivity index (χ0) is 13.1. The van der Waals surface area contributed by atoms with Gasteiger partial charge in [0.15, 0.2) is 0 Å². The summed E-state index contributed by atoms with van der Waals surface area (Å²) in [5.74, 6) is -0.0395. The number of hydrogen-bond acceptors (Lipinski definition) is 3. The summed E-state index contributed by atoms with van der Waals surface area (Å²) in [6.07, 6.45) is 0. The van der Waals surface area contributed by atoms with Gasteiger partial charge in [-0.15, -0.1) is 0 Å².